The molecule has 1 aromatic rings. The summed E-state index contributed by atoms with van der Waals surface area (Å²) in [6, 6.07) is 0. The molecule has 0 spiro atoms. The van der Waals surface area contributed by atoms with Gasteiger partial charge >= 0.3 is 0 Å². The van der Waals surface area contributed by atoms with Crippen LogP contribution in [-0.4, -0.2) is 21.9 Å². The van der Waals surface area contributed by atoms with E-state index in [0.29, 0.717) is 17.1 Å². The lowest BCUT2D eigenvalue weighted by Crippen LogP contribution is -2.17. The van der Waals surface area contributed by atoms with E-state index in [2.05, 4.69) is 24.0 Å². The molecule has 2 rings (SSSR count). The fourth-order valence-electron chi connectivity index (χ4n) is 2.46. The molecule has 1 aliphatic rings. The first-order chi connectivity index (χ1) is 8.74. The molecule has 0 amide bonds. The molecular weight excluding hydrogens is 246 g/mol. The van der Waals surface area contributed by atoms with Crippen molar-refractivity contribution < 1.29 is 4.52 Å². The third-order valence-electron chi connectivity index (χ3n) is 3.83. The number of hydrogen-bond acceptors (Lipinski definition) is 5. The minimum absolute atomic E-state index is 0.393. The molecule has 18 heavy (non-hydrogen) atoms. The topological polar surface area (TPSA) is 64.9 Å². The summed E-state index contributed by atoms with van der Waals surface area (Å²) in [6.07, 6.45) is 4.74. The first-order valence-electron chi connectivity index (χ1n) is 6.88. The maximum atomic E-state index is 5.79. The quantitative estimate of drug-likeness (QED) is 0.860. The fourth-order valence-corrected chi connectivity index (χ4v) is 3.24. The Morgan fingerprint density at radius 2 is 2.33 bits per heavy atom. The molecule has 4 nitrogen and oxygen atoms in total. The summed E-state index contributed by atoms with van der Waals surface area (Å²) < 4.78 is 5.42. The molecule has 102 valence electrons. The molecule has 1 saturated carbocycles. The Balaban J connectivity index is 1.93. The van der Waals surface area contributed by atoms with Crippen LogP contribution < -0.4 is 5.73 Å². The van der Waals surface area contributed by atoms with Crippen LogP contribution in [0.25, 0.3) is 0 Å². The third kappa shape index (κ3) is 3.26. The highest BCUT2D eigenvalue weighted by molar-refractivity contribution is 7.99. The van der Waals surface area contributed by atoms with E-state index in [-0.39, 0.29) is 0 Å². The monoisotopic (exact) mass is 269 g/mol. The predicted molar refractivity (Wildman–Crippen MR) is 74.5 cm³/mol. The molecule has 0 aromatic carbocycles. The number of nitrogens with two attached hydrogens (primary N) is 1. The highest BCUT2D eigenvalue weighted by Gasteiger charge is 2.31. The lowest BCUT2D eigenvalue weighted by Gasteiger charge is -2.12. The van der Waals surface area contributed by atoms with Gasteiger partial charge in [-0.3, -0.25) is 0 Å². The molecule has 1 heterocycles. The zero-order valence-electron chi connectivity index (χ0n) is 11.3. The van der Waals surface area contributed by atoms with Crippen molar-refractivity contribution in [3.63, 3.8) is 0 Å². The van der Waals surface area contributed by atoms with Gasteiger partial charge in [-0.25, -0.2) is 0 Å². The standard InChI is InChI=1S/C13H23N3OS/c1-3-9(2)18-8-12-15-13(17-16-12)11-6-4-5-10(11)7-14/h9-11H,3-8,14H2,1-2H3. The van der Waals surface area contributed by atoms with E-state index < -0.39 is 0 Å². The Morgan fingerprint density at radius 3 is 3.06 bits per heavy atom. The molecule has 3 atom stereocenters. The van der Waals surface area contributed by atoms with Crippen molar-refractivity contribution in [1.82, 2.24) is 10.1 Å². The van der Waals surface area contributed by atoms with Gasteiger partial charge in [0.1, 0.15) is 0 Å². The van der Waals surface area contributed by atoms with Crippen molar-refractivity contribution in [1.29, 1.82) is 0 Å². The lowest BCUT2D eigenvalue weighted by atomic mass is 9.96. The maximum absolute atomic E-state index is 5.79. The van der Waals surface area contributed by atoms with Crippen LogP contribution in [0.15, 0.2) is 4.52 Å². The average Bonchev–Trinajstić information content (AvgIpc) is 3.03. The van der Waals surface area contributed by atoms with Crippen LogP contribution in [-0.2, 0) is 5.75 Å². The van der Waals surface area contributed by atoms with E-state index in [1.165, 1.54) is 19.3 Å². The summed E-state index contributed by atoms with van der Waals surface area (Å²) in [5, 5.41) is 4.74. The van der Waals surface area contributed by atoms with E-state index in [9.17, 15) is 0 Å². The van der Waals surface area contributed by atoms with Crippen LogP contribution in [0.4, 0.5) is 0 Å². The van der Waals surface area contributed by atoms with Crippen molar-refractivity contribution in [2.45, 2.75) is 56.5 Å². The van der Waals surface area contributed by atoms with Gasteiger partial charge in [0.15, 0.2) is 5.82 Å². The maximum Gasteiger partial charge on any atom is 0.230 e. The van der Waals surface area contributed by atoms with Gasteiger partial charge in [-0.15, -0.1) is 0 Å². The average molecular weight is 269 g/mol. The molecule has 1 aliphatic carbocycles. The Labute approximate surface area is 113 Å². The second-order valence-corrected chi connectivity index (χ2v) is 6.54. The van der Waals surface area contributed by atoms with Gasteiger partial charge in [0, 0.05) is 11.2 Å². The SMILES string of the molecule is CCC(C)SCc1noc(C2CCCC2CN)n1. The predicted octanol–water partition coefficient (Wildman–Crippen LogP) is 2.94. The number of aromatic nitrogens is 2. The number of rotatable bonds is 6. The molecule has 2 N–H and O–H groups in total. The summed E-state index contributed by atoms with van der Waals surface area (Å²) >= 11 is 1.88. The Hall–Kier alpha value is -0.550. The Kier molecular flexibility index (Phi) is 5.06. The second-order valence-electron chi connectivity index (χ2n) is 5.11. The smallest absolute Gasteiger partial charge is 0.230 e. The van der Waals surface area contributed by atoms with Crippen molar-refractivity contribution in [3.8, 4) is 0 Å². The lowest BCUT2D eigenvalue weighted by molar-refractivity contribution is 0.324. The van der Waals surface area contributed by atoms with Gasteiger partial charge in [0.05, 0.1) is 5.75 Å². The van der Waals surface area contributed by atoms with Crippen LogP contribution in [0.2, 0.25) is 0 Å². The Morgan fingerprint density at radius 1 is 1.50 bits per heavy atom. The third-order valence-corrected chi connectivity index (χ3v) is 5.16. The summed E-state index contributed by atoms with van der Waals surface area (Å²) in [6.45, 7) is 5.15. The van der Waals surface area contributed by atoms with E-state index in [1.54, 1.807) is 0 Å². The Bertz CT molecular complexity index is 369. The van der Waals surface area contributed by atoms with E-state index in [1.807, 2.05) is 11.8 Å². The minimum atomic E-state index is 0.393. The molecule has 0 bridgehead atoms. The van der Waals surface area contributed by atoms with Crippen LogP contribution in [0.3, 0.4) is 0 Å². The van der Waals surface area contributed by atoms with Crippen LogP contribution in [0.5, 0.6) is 0 Å². The molecular formula is C13H23N3OS. The van der Waals surface area contributed by atoms with Gasteiger partial charge < -0.3 is 10.3 Å². The summed E-state index contributed by atoms with van der Waals surface area (Å²) in [5.41, 5.74) is 5.79. The molecule has 0 radical (unpaired) electrons. The largest absolute Gasteiger partial charge is 0.339 e. The van der Waals surface area contributed by atoms with Crippen molar-refractivity contribution >= 4 is 11.8 Å². The van der Waals surface area contributed by atoms with Crippen LogP contribution in [0, 0.1) is 5.92 Å². The van der Waals surface area contributed by atoms with Gasteiger partial charge in [0.25, 0.3) is 0 Å². The molecule has 0 aliphatic heterocycles. The normalized spacial score (nSPS) is 25.5. The van der Waals surface area contributed by atoms with Crippen molar-refractivity contribution in [2.75, 3.05) is 6.54 Å². The highest BCUT2D eigenvalue weighted by Crippen LogP contribution is 2.38. The molecule has 1 fully saturated rings. The fraction of sp³-hybridized carbons (Fsp3) is 0.846. The van der Waals surface area contributed by atoms with E-state index in [0.717, 1.165) is 30.4 Å². The van der Waals surface area contributed by atoms with Gasteiger partial charge in [-0.05, 0) is 31.7 Å². The summed E-state index contributed by atoms with van der Waals surface area (Å²) in [4.78, 5) is 4.54. The second kappa shape index (κ2) is 6.57. The zero-order chi connectivity index (χ0) is 13.0. The summed E-state index contributed by atoms with van der Waals surface area (Å²) in [7, 11) is 0. The van der Waals surface area contributed by atoms with E-state index >= 15 is 0 Å². The van der Waals surface area contributed by atoms with Crippen LogP contribution in [0.1, 0.15) is 57.2 Å². The van der Waals surface area contributed by atoms with Gasteiger partial charge in [0.2, 0.25) is 5.89 Å². The first-order valence-corrected chi connectivity index (χ1v) is 7.93. The zero-order valence-corrected chi connectivity index (χ0v) is 12.1. The van der Waals surface area contributed by atoms with E-state index in [4.69, 9.17) is 10.3 Å². The first kappa shape index (κ1) is 13.9. The number of thioether (sulfide) groups is 1. The van der Waals surface area contributed by atoms with Crippen molar-refractivity contribution in [2.24, 2.45) is 11.7 Å². The number of hydrogen-bond donors (Lipinski definition) is 1. The highest BCUT2D eigenvalue weighted by atomic mass is 32.2. The van der Waals surface area contributed by atoms with Gasteiger partial charge in [-0.2, -0.15) is 16.7 Å². The van der Waals surface area contributed by atoms with Crippen molar-refractivity contribution in [3.05, 3.63) is 11.7 Å². The molecule has 1 aromatic heterocycles. The number of nitrogens with zero attached hydrogens (tertiary/aromatic N) is 2. The molecule has 0 saturated heterocycles. The summed E-state index contributed by atoms with van der Waals surface area (Å²) in [5.74, 6) is 3.41. The molecule has 5 heteroatoms. The van der Waals surface area contributed by atoms with Crippen LogP contribution >= 0.6 is 11.8 Å². The van der Waals surface area contributed by atoms with Gasteiger partial charge in [-0.1, -0.05) is 25.4 Å². The molecule has 3 unspecified atom stereocenters. The minimum Gasteiger partial charge on any atom is -0.339 e.